The van der Waals surface area contributed by atoms with Crippen LogP contribution in [0.2, 0.25) is 5.02 Å². The summed E-state index contributed by atoms with van der Waals surface area (Å²) in [5, 5.41) is 4.90. The molecule has 2 aromatic rings. The summed E-state index contributed by atoms with van der Waals surface area (Å²) in [6.45, 7) is 5.78. The lowest BCUT2D eigenvalue weighted by Crippen LogP contribution is -2.21. The summed E-state index contributed by atoms with van der Waals surface area (Å²) >= 11 is 9.49. The van der Waals surface area contributed by atoms with Gasteiger partial charge < -0.3 is 4.74 Å². The Hall–Kier alpha value is -1.76. The molecule has 2 rings (SSSR count). The number of nitrogens with zero attached hydrogens (tertiary/aromatic N) is 1. The molecule has 4 nitrogen and oxygen atoms in total. The number of hydrogen-bond acceptors (Lipinski definition) is 5. The number of rotatable bonds is 8. The minimum Gasteiger partial charge on any atom is -0.444 e. The fourth-order valence-electron chi connectivity index (χ4n) is 1.92. The summed E-state index contributed by atoms with van der Waals surface area (Å²) in [6, 6.07) is 11.4. The zero-order chi connectivity index (χ0) is 18.1. The van der Waals surface area contributed by atoms with Gasteiger partial charge in [0.15, 0.2) is 0 Å². The first-order chi connectivity index (χ1) is 12.1. The van der Waals surface area contributed by atoms with E-state index >= 15 is 0 Å². The summed E-state index contributed by atoms with van der Waals surface area (Å²) in [4.78, 5) is 13.9. The molecule has 0 aliphatic carbocycles. The smallest absolute Gasteiger partial charge is 0.428 e. The van der Waals surface area contributed by atoms with Crippen LogP contribution in [0.25, 0.3) is 0 Å². The van der Waals surface area contributed by atoms with Gasteiger partial charge in [-0.2, -0.15) is 16.9 Å². The number of thioether (sulfide) groups is 1. The van der Waals surface area contributed by atoms with Gasteiger partial charge in [0.2, 0.25) is 0 Å². The predicted molar refractivity (Wildman–Crippen MR) is 108 cm³/mol. The molecule has 0 aliphatic heterocycles. The average molecular weight is 395 g/mol. The monoisotopic (exact) mass is 394 g/mol. The quantitative estimate of drug-likeness (QED) is 0.374. The molecule has 1 N–H and O–H groups in total. The lowest BCUT2D eigenvalue weighted by atomic mass is 10.1. The maximum absolute atomic E-state index is 11.7. The summed E-state index contributed by atoms with van der Waals surface area (Å²) < 4.78 is 4.89. The van der Waals surface area contributed by atoms with Gasteiger partial charge in [-0.1, -0.05) is 43.3 Å². The van der Waals surface area contributed by atoms with E-state index in [-0.39, 0.29) is 6.61 Å². The SMILES string of the molecule is C=CCOC(=O)NN=C(c1ccc(Cl)cc1)c1ccc(CSCC)s1. The fourth-order valence-corrected chi connectivity index (χ4v) is 3.85. The van der Waals surface area contributed by atoms with Crippen LogP contribution in [0.1, 0.15) is 22.2 Å². The molecule has 0 unspecified atom stereocenters. The lowest BCUT2D eigenvalue weighted by Gasteiger charge is -2.06. The van der Waals surface area contributed by atoms with Crippen molar-refractivity contribution in [2.24, 2.45) is 5.10 Å². The van der Waals surface area contributed by atoms with E-state index in [0.717, 1.165) is 21.9 Å². The third kappa shape index (κ3) is 6.23. The average Bonchev–Trinajstić information content (AvgIpc) is 3.08. The molecule has 0 fully saturated rings. The second kappa shape index (κ2) is 10.3. The number of thiophene rings is 1. The summed E-state index contributed by atoms with van der Waals surface area (Å²) in [6.07, 6.45) is 0.880. The van der Waals surface area contributed by atoms with Crippen LogP contribution in [0.5, 0.6) is 0 Å². The minimum absolute atomic E-state index is 0.134. The Bertz CT molecular complexity index is 742. The molecule has 132 valence electrons. The van der Waals surface area contributed by atoms with Crippen molar-refractivity contribution in [2.45, 2.75) is 12.7 Å². The van der Waals surface area contributed by atoms with Gasteiger partial charge in [-0.05, 0) is 30.0 Å². The Kier molecular flexibility index (Phi) is 8.04. The molecule has 0 saturated carbocycles. The van der Waals surface area contributed by atoms with Crippen LogP contribution < -0.4 is 5.43 Å². The van der Waals surface area contributed by atoms with Crippen molar-refractivity contribution in [1.29, 1.82) is 0 Å². The molecule has 0 bridgehead atoms. The molecule has 7 heteroatoms. The zero-order valence-electron chi connectivity index (χ0n) is 13.8. The largest absolute Gasteiger partial charge is 0.444 e. The normalized spacial score (nSPS) is 11.2. The summed E-state index contributed by atoms with van der Waals surface area (Å²) in [5.74, 6) is 2.03. The number of carbonyl (C=O) groups is 1. The fraction of sp³-hybridized carbons (Fsp3) is 0.222. The van der Waals surface area contributed by atoms with Crippen LogP contribution in [-0.4, -0.2) is 24.2 Å². The highest BCUT2D eigenvalue weighted by atomic mass is 35.5. The third-order valence-corrected chi connectivity index (χ3v) is 5.50. The Labute approximate surface area is 160 Å². The van der Waals surface area contributed by atoms with Gasteiger partial charge in [0.1, 0.15) is 12.3 Å². The van der Waals surface area contributed by atoms with Crippen molar-refractivity contribution >= 4 is 46.5 Å². The first-order valence-electron chi connectivity index (χ1n) is 7.68. The second-order valence-corrected chi connectivity index (χ2v) is 7.75. The molecular formula is C18H19ClN2O2S2. The van der Waals surface area contributed by atoms with Crippen molar-refractivity contribution < 1.29 is 9.53 Å². The standard InChI is InChI=1S/C18H19ClN2O2S2/c1-3-11-23-18(22)21-20-17(13-5-7-14(19)8-6-13)16-10-9-15(25-16)12-24-4-2/h3,5-10H,1,4,11-12H2,2H3,(H,21,22). The van der Waals surface area contributed by atoms with E-state index < -0.39 is 6.09 Å². The Balaban J connectivity index is 2.25. The van der Waals surface area contributed by atoms with Gasteiger partial charge in [-0.25, -0.2) is 10.2 Å². The van der Waals surface area contributed by atoms with Gasteiger partial charge >= 0.3 is 6.09 Å². The molecule has 0 spiro atoms. The number of hydrogen-bond donors (Lipinski definition) is 1. The molecule has 0 saturated heterocycles. The van der Waals surface area contributed by atoms with Gasteiger partial charge in [0, 0.05) is 21.2 Å². The van der Waals surface area contributed by atoms with Crippen LogP contribution in [0.15, 0.2) is 54.2 Å². The van der Waals surface area contributed by atoms with Gasteiger partial charge in [-0.3, -0.25) is 0 Å². The maximum Gasteiger partial charge on any atom is 0.428 e. The van der Waals surface area contributed by atoms with Crippen molar-refractivity contribution in [3.8, 4) is 0 Å². The molecule has 1 aromatic heterocycles. The molecule has 0 aliphatic rings. The van der Waals surface area contributed by atoms with Crippen LogP contribution in [0.3, 0.4) is 0 Å². The van der Waals surface area contributed by atoms with Crippen molar-refractivity contribution in [3.63, 3.8) is 0 Å². The number of ether oxygens (including phenoxy) is 1. The first kappa shape index (κ1) is 19.6. The van der Waals surface area contributed by atoms with Crippen LogP contribution in [0.4, 0.5) is 4.79 Å². The van der Waals surface area contributed by atoms with E-state index in [9.17, 15) is 4.79 Å². The van der Waals surface area contributed by atoms with E-state index in [1.54, 1.807) is 23.5 Å². The van der Waals surface area contributed by atoms with Crippen LogP contribution >= 0.6 is 34.7 Å². The van der Waals surface area contributed by atoms with E-state index in [1.165, 1.54) is 11.0 Å². The van der Waals surface area contributed by atoms with Gasteiger partial charge in [0.25, 0.3) is 0 Å². The van der Waals surface area contributed by atoms with E-state index in [2.05, 4.69) is 30.1 Å². The minimum atomic E-state index is -0.621. The Morgan fingerprint density at radius 2 is 2.12 bits per heavy atom. The number of carbonyl (C=O) groups excluding carboxylic acids is 1. The Morgan fingerprint density at radius 1 is 1.36 bits per heavy atom. The molecule has 0 atom stereocenters. The van der Waals surface area contributed by atoms with Gasteiger partial charge in [-0.15, -0.1) is 11.3 Å². The van der Waals surface area contributed by atoms with Crippen molar-refractivity contribution in [2.75, 3.05) is 12.4 Å². The van der Waals surface area contributed by atoms with E-state index in [4.69, 9.17) is 16.3 Å². The molecule has 1 heterocycles. The Morgan fingerprint density at radius 3 is 2.80 bits per heavy atom. The van der Waals surface area contributed by atoms with Crippen molar-refractivity contribution in [1.82, 2.24) is 5.43 Å². The number of benzene rings is 1. The topological polar surface area (TPSA) is 50.7 Å². The highest BCUT2D eigenvalue weighted by Gasteiger charge is 2.12. The summed E-state index contributed by atoms with van der Waals surface area (Å²) in [5.41, 5.74) is 3.97. The van der Waals surface area contributed by atoms with Crippen molar-refractivity contribution in [3.05, 3.63) is 69.4 Å². The number of amides is 1. The first-order valence-corrected chi connectivity index (χ1v) is 10.0. The number of hydrazone groups is 1. The number of halogens is 1. The van der Waals surface area contributed by atoms with E-state index in [1.807, 2.05) is 30.0 Å². The van der Waals surface area contributed by atoms with Crippen LogP contribution in [-0.2, 0) is 10.5 Å². The maximum atomic E-state index is 11.7. The lowest BCUT2D eigenvalue weighted by molar-refractivity contribution is 0.159. The molecule has 0 radical (unpaired) electrons. The van der Waals surface area contributed by atoms with Gasteiger partial charge in [0.05, 0.1) is 4.88 Å². The molecular weight excluding hydrogens is 376 g/mol. The van der Waals surface area contributed by atoms with Crippen LogP contribution in [0, 0.1) is 0 Å². The zero-order valence-corrected chi connectivity index (χ0v) is 16.2. The highest BCUT2D eigenvalue weighted by molar-refractivity contribution is 7.98. The molecule has 1 amide bonds. The molecule has 1 aromatic carbocycles. The second-order valence-electron chi connectivity index (χ2n) is 4.87. The number of nitrogens with one attached hydrogen (secondary N) is 1. The highest BCUT2D eigenvalue weighted by Crippen LogP contribution is 2.24. The predicted octanol–water partition coefficient (Wildman–Crippen LogP) is 5.32. The summed E-state index contributed by atoms with van der Waals surface area (Å²) in [7, 11) is 0. The third-order valence-electron chi connectivity index (χ3n) is 3.05. The van der Waals surface area contributed by atoms with E-state index in [0.29, 0.717) is 10.7 Å². The molecule has 25 heavy (non-hydrogen) atoms.